The molecule has 0 aliphatic carbocycles. The minimum atomic E-state index is -0.946. The van der Waals surface area contributed by atoms with E-state index in [1.807, 2.05) is 0 Å². The summed E-state index contributed by atoms with van der Waals surface area (Å²) in [6.07, 6.45) is 2.92. The van der Waals surface area contributed by atoms with Crippen LogP contribution < -0.4 is 0 Å². The SMILES string of the molecule is CC(C)(O)c1cn(CCOC2CCOC2)nn1. The maximum absolute atomic E-state index is 9.74. The smallest absolute Gasteiger partial charge is 0.114 e. The van der Waals surface area contributed by atoms with Gasteiger partial charge in [-0.25, -0.2) is 4.68 Å². The first kappa shape index (κ1) is 12.5. The standard InChI is InChI=1S/C11H19N3O3/c1-11(2,15)10-7-14(13-12-10)4-6-17-9-3-5-16-8-9/h7,9,15H,3-6,8H2,1-2H3. The zero-order valence-electron chi connectivity index (χ0n) is 10.3. The number of rotatable bonds is 5. The van der Waals surface area contributed by atoms with Crippen LogP contribution >= 0.6 is 0 Å². The quantitative estimate of drug-likeness (QED) is 0.803. The molecular formula is C11H19N3O3. The van der Waals surface area contributed by atoms with Crippen LogP contribution in [0.4, 0.5) is 0 Å². The van der Waals surface area contributed by atoms with E-state index in [4.69, 9.17) is 9.47 Å². The first-order chi connectivity index (χ1) is 8.05. The van der Waals surface area contributed by atoms with Gasteiger partial charge in [-0.3, -0.25) is 0 Å². The molecule has 1 aliphatic rings. The van der Waals surface area contributed by atoms with Crippen LogP contribution in [0.2, 0.25) is 0 Å². The highest BCUT2D eigenvalue weighted by atomic mass is 16.5. The van der Waals surface area contributed by atoms with E-state index in [-0.39, 0.29) is 6.10 Å². The molecule has 1 fully saturated rings. The van der Waals surface area contributed by atoms with Gasteiger partial charge in [0.05, 0.1) is 32.1 Å². The third kappa shape index (κ3) is 3.49. The molecule has 0 aromatic carbocycles. The van der Waals surface area contributed by atoms with Crippen LogP contribution in [0.3, 0.4) is 0 Å². The Bertz CT molecular complexity index is 353. The summed E-state index contributed by atoms with van der Waals surface area (Å²) in [7, 11) is 0. The minimum absolute atomic E-state index is 0.215. The van der Waals surface area contributed by atoms with Gasteiger partial charge in [0.25, 0.3) is 0 Å². The molecule has 1 saturated heterocycles. The van der Waals surface area contributed by atoms with Gasteiger partial charge in [0.2, 0.25) is 0 Å². The Labute approximate surface area is 101 Å². The third-order valence-corrected chi connectivity index (χ3v) is 2.73. The molecule has 1 atom stereocenters. The predicted octanol–water partition coefficient (Wildman–Crippen LogP) is 0.311. The van der Waals surface area contributed by atoms with Crippen molar-refractivity contribution in [1.29, 1.82) is 0 Å². The van der Waals surface area contributed by atoms with E-state index in [9.17, 15) is 5.11 Å². The van der Waals surface area contributed by atoms with Gasteiger partial charge in [0.1, 0.15) is 11.3 Å². The summed E-state index contributed by atoms with van der Waals surface area (Å²) in [6.45, 7) is 6.08. The molecule has 1 unspecified atom stereocenters. The van der Waals surface area contributed by atoms with Crippen LogP contribution in [0.15, 0.2) is 6.20 Å². The number of nitrogens with zero attached hydrogens (tertiary/aromatic N) is 3. The average molecular weight is 241 g/mol. The van der Waals surface area contributed by atoms with Crippen molar-refractivity contribution in [2.45, 2.75) is 38.5 Å². The summed E-state index contributed by atoms with van der Waals surface area (Å²) in [5, 5.41) is 17.6. The van der Waals surface area contributed by atoms with E-state index in [2.05, 4.69) is 10.3 Å². The highest BCUT2D eigenvalue weighted by Crippen LogP contribution is 2.15. The van der Waals surface area contributed by atoms with Crippen LogP contribution in [0.1, 0.15) is 26.0 Å². The molecule has 0 saturated carbocycles. The lowest BCUT2D eigenvalue weighted by Gasteiger charge is -2.12. The van der Waals surface area contributed by atoms with E-state index in [1.54, 1.807) is 24.7 Å². The molecule has 0 amide bonds. The van der Waals surface area contributed by atoms with Gasteiger partial charge in [-0.15, -0.1) is 5.10 Å². The largest absolute Gasteiger partial charge is 0.384 e. The molecular weight excluding hydrogens is 222 g/mol. The van der Waals surface area contributed by atoms with E-state index in [1.165, 1.54) is 0 Å². The Morgan fingerprint density at radius 3 is 3.06 bits per heavy atom. The monoisotopic (exact) mass is 241 g/mol. The van der Waals surface area contributed by atoms with Crippen LogP contribution in [-0.4, -0.2) is 46.0 Å². The second kappa shape index (κ2) is 5.12. The van der Waals surface area contributed by atoms with Crippen LogP contribution in [-0.2, 0) is 21.6 Å². The number of aliphatic hydroxyl groups is 1. The van der Waals surface area contributed by atoms with Gasteiger partial charge in [-0.05, 0) is 20.3 Å². The zero-order valence-corrected chi connectivity index (χ0v) is 10.3. The van der Waals surface area contributed by atoms with E-state index in [0.717, 1.165) is 13.0 Å². The molecule has 1 aliphatic heterocycles. The summed E-state index contributed by atoms with van der Waals surface area (Å²) in [5.41, 5.74) is -0.375. The molecule has 1 N–H and O–H groups in total. The molecule has 2 rings (SSSR count). The van der Waals surface area contributed by atoms with Crippen molar-refractivity contribution < 1.29 is 14.6 Å². The first-order valence-electron chi connectivity index (χ1n) is 5.88. The third-order valence-electron chi connectivity index (χ3n) is 2.73. The fourth-order valence-corrected chi connectivity index (χ4v) is 1.65. The Morgan fingerprint density at radius 2 is 2.47 bits per heavy atom. The Balaban J connectivity index is 1.77. The number of hydrogen-bond donors (Lipinski definition) is 1. The van der Waals surface area contributed by atoms with Crippen LogP contribution in [0.25, 0.3) is 0 Å². The number of aromatic nitrogens is 3. The molecule has 6 heteroatoms. The van der Waals surface area contributed by atoms with Crippen molar-refractivity contribution in [1.82, 2.24) is 15.0 Å². The number of hydrogen-bond acceptors (Lipinski definition) is 5. The second-order valence-electron chi connectivity index (χ2n) is 4.78. The highest BCUT2D eigenvalue weighted by Gasteiger charge is 2.20. The van der Waals surface area contributed by atoms with Gasteiger partial charge in [-0.2, -0.15) is 0 Å². The Hall–Kier alpha value is -0.980. The lowest BCUT2D eigenvalue weighted by Crippen LogP contribution is -2.17. The molecule has 0 radical (unpaired) electrons. The van der Waals surface area contributed by atoms with Gasteiger partial charge < -0.3 is 14.6 Å². The van der Waals surface area contributed by atoms with Gasteiger partial charge in [0, 0.05) is 6.61 Å². The summed E-state index contributed by atoms with van der Waals surface area (Å²) >= 11 is 0. The molecule has 96 valence electrons. The predicted molar refractivity (Wildman–Crippen MR) is 60.4 cm³/mol. The molecule has 6 nitrogen and oxygen atoms in total. The number of ether oxygens (including phenoxy) is 2. The van der Waals surface area contributed by atoms with Crippen LogP contribution in [0.5, 0.6) is 0 Å². The molecule has 2 heterocycles. The van der Waals surface area contributed by atoms with Crippen molar-refractivity contribution in [2.24, 2.45) is 0 Å². The van der Waals surface area contributed by atoms with Crippen molar-refractivity contribution >= 4 is 0 Å². The normalized spacial score (nSPS) is 21.0. The average Bonchev–Trinajstić information content (AvgIpc) is 2.86. The Morgan fingerprint density at radius 1 is 1.65 bits per heavy atom. The molecule has 1 aromatic heterocycles. The molecule has 0 spiro atoms. The minimum Gasteiger partial charge on any atom is -0.384 e. The van der Waals surface area contributed by atoms with Crippen molar-refractivity contribution in [2.75, 3.05) is 19.8 Å². The van der Waals surface area contributed by atoms with E-state index >= 15 is 0 Å². The second-order valence-corrected chi connectivity index (χ2v) is 4.78. The van der Waals surface area contributed by atoms with E-state index in [0.29, 0.717) is 25.5 Å². The van der Waals surface area contributed by atoms with Gasteiger partial charge in [-0.1, -0.05) is 5.21 Å². The lowest BCUT2D eigenvalue weighted by atomic mass is 10.1. The maximum atomic E-state index is 9.74. The fourth-order valence-electron chi connectivity index (χ4n) is 1.65. The maximum Gasteiger partial charge on any atom is 0.114 e. The summed E-state index contributed by atoms with van der Waals surface area (Å²) in [6, 6.07) is 0. The zero-order chi connectivity index (χ0) is 12.3. The first-order valence-corrected chi connectivity index (χ1v) is 5.88. The molecule has 1 aromatic rings. The molecule has 0 bridgehead atoms. The van der Waals surface area contributed by atoms with Crippen LogP contribution in [0, 0.1) is 0 Å². The summed E-state index contributed by atoms with van der Waals surface area (Å²) < 4.78 is 12.5. The molecule has 17 heavy (non-hydrogen) atoms. The van der Waals surface area contributed by atoms with Crippen molar-refractivity contribution in [3.8, 4) is 0 Å². The van der Waals surface area contributed by atoms with Crippen molar-refractivity contribution in [3.05, 3.63) is 11.9 Å². The lowest BCUT2D eigenvalue weighted by molar-refractivity contribution is 0.0369. The van der Waals surface area contributed by atoms with Gasteiger partial charge >= 0.3 is 0 Å². The summed E-state index contributed by atoms with van der Waals surface area (Å²) in [5.74, 6) is 0. The fraction of sp³-hybridized carbons (Fsp3) is 0.818. The Kier molecular flexibility index (Phi) is 3.76. The van der Waals surface area contributed by atoms with Crippen molar-refractivity contribution in [3.63, 3.8) is 0 Å². The van der Waals surface area contributed by atoms with Gasteiger partial charge in [0.15, 0.2) is 0 Å². The highest BCUT2D eigenvalue weighted by molar-refractivity contribution is 5.02. The van der Waals surface area contributed by atoms with E-state index < -0.39 is 5.60 Å². The summed E-state index contributed by atoms with van der Waals surface area (Å²) in [4.78, 5) is 0. The topological polar surface area (TPSA) is 69.4 Å².